The number of nitro benzene ring substituents is 1. The van der Waals surface area contributed by atoms with Gasteiger partial charge in [0.1, 0.15) is 5.56 Å². The standard InChI is InChI=1S/C14H15N7O6S/c1-2-27-13(22)11-8-17-19-12(11)28(25,26)20(14(15)16)18-7-9-3-5-10(6-4-9)21(23)24/h3-8H,2H2,1H3,(H3,15,16)(H,17,19)/b18-7+. The summed E-state index contributed by atoms with van der Waals surface area (Å²) >= 11 is 0. The van der Waals surface area contributed by atoms with Crippen LogP contribution < -0.4 is 5.73 Å². The molecule has 0 fully saturated rings. The number of nitro groups is 1. The summed E-state index contributed by atoms with van der Waals surface area (Å²) in [5.74, 6) is -1.89. The molecule has 0 bridgehead atoms. The smallest absolute Gasteiger partial charge is 0.342 e. The van der Waals surface area contributed by atoms with Crippen LogP contribution in [0.15, 0.2) is 40.6 Å². The first kappa shape index (κ1) is 20.5. The number of H-pyrrole nitrogens is 1. The zero-order chi connectivity index (χ0) is 20.9. The summed E-state index contributed by atoms with van der Waals surface area (Å²) in [7, 11) is -4.58. The molecule has 0 aliphatic heterocycles. The molecular formula is C14H15N7O6S. The molecule has 0 atom stereocenters. The molecule has 2 aromatic rings. The van der Waals surface area contributed by atoms with Crippen LogP contribution >= 0.6 is 0 Å². The van der Waals surface area contributed by atoms with Gasteiger partial charge in [0.15, 0.2) is 5.03 Å². The number of non-ortho nitro benzene ring substituents is 1. The number of carbonyl (C=O) groups excluding carboxylic acids is 1. The number of nitrogens with two attached hydrogens (primary N) is 1. The summed E-state index contributed by atoms with van der Waals surface area (Å²) in [5, 5.41) is 26.8. The normalized spacial score (nSPS) is 11.3. The largest absolute Gasteiger partial charge is 0.462 e. The van der Waals surface area contributed by atoms with Crippen LogP contribution in [0.2, 0.25) is 0 Å². The molecule has 0 saturated carbocycles. The quantitative estimate of drug-likeness (QED) is 0.192. The Labute approximate surface area is 158 Å². The number of benzene rings is 1. The number of nitrogens with zero attached hydrogens (tertiary/aromatic N) is 4. The molecular weight excluding hydrogens is 394 g/mol. The fraction of sp³-hybridized carbons (Fsp3) is 0.143. The van der Waals surface area contributed by atoms with Crippen molar-refractivity contribution in [3.05, 3.63) is 51.7 Å². The summed E-state index contributed by atoms with van der Waals surface area (Å²) < 4.78 is 30.4. The first-order valence-electron chi connectivity index (χ1n) is 7.56. The average molecular weight is 409 g/mol. The minimum atomic E-state index is -4.58. The molecule has 14 heteroatoms. The Kier molecular flexibility index (Phi) is 6.04. The van der Waals surface area contributed by atoms with E-state index in [0.29, 0.717) is 5.56 Å². The monoisotopic (exact) mass is 409 g/mol. The Balaban J connectivity index is 2.38. The number of aromatic nitrogens is 2. The van der Waals surface area contributed by atoms with Gasteiger partial charge in [-0.15, -0.1) is 4.41 Å². The highest BCUT2D eigenvalue weighted by Gasteiger charge is 2.33. The third-order valence-corrected chi connectivity index (χ3v) is 4.78. The van der Waals surface area contributed by atoms with Gasteiger partial charge in [0.05, 0.1) is 23.9 Å². The summed E-state index contributed by atoms with van der Waals surface area (Å²) in [6.07, 6.45) is 1.99. The van der Waals surface area contributed by atoms with Gasteiger partial charge in [0.25, 0.3) is 5.69 Å². The molecule has 1 aromatic heterocycles. The van der Waals surface area contributed by atoms with Crippen molar-refractivity contribution < 1.29 is 22.9 Å². The molecule has 0 aliphatic rings. The number of ether oxygens (including phenoxy) is 1. The molecule has 4 N–H and O–H groups in total. The summed E-state index contributed by atoms with van der Waals surface area (Å²) in [6, 6.07) is 5.04. The van der Waals surface area contributed by atoms with Crippen molar-refractivity contribution in [3.63, 3.8) is 0 Å². The highest BCUT2D eigenvalue weighted by atomic mass is 32.2. The average Bonchev–Trinajstić information content (AvgIpc) is 3.13. The summed E-state index contributed by atoms with van der Waals surface area (Å²) in [5.41, 5.74) is 5.09. The number of nitrogens with one attached hydrogen (secondary N) is 2. The van der Waals surface area contributed by atoms with Crippen molar-refractivity contribution in [2.45, 2.75) is 11.9 Å². The second-order valence-electron chi connectivity index (χ2n) is 5.06. The number of sulfonamides is 1. The zero-order valence-corrected chi connectivity index (χ0v) is 15.2. The predicted molar refractivity (Wildman–Crippen MR) is 96.2 cm³/mol. The van der Waals surface area contributed by atoms with Crippen molar-refractivity contribution in [3.8, 4) is 0 Å². The lowest BCUT2D eigenvalue weighted by atomic mass is 10.2. The van der Waals surface area contributed by atoms with Crippen LogP contribution in [0.5, 0.6) is 0 Å². The lowest BCUT2D eigenvalue weighted by Crippen LogP contribution is -2.38. The molecule has 2 rings (SSSR count). The van der Waals surface area contributed by atoms with E-state index in [9.17, 15) is 23.3 Å². The van der Waals surface area contributed by atoms with Crippen LogP contribution in [0.25, 0.3) is 0 Å². The number of carbonyl (C=O) groups is 1. The van der Waals surface area contributed by atoms with Gasteiger partial charge in [-0.3, -0.25) is 20.6 Å². The maximum absolute atomic E-state index is 12.8. The third kappa shape index (κ3) is 4.29. The zero-order valence-electron chi connectivity index (χ0n) is 14.4. The molecule has 1 aromatic carbocycles. The number of esters is 1. The van der Waals surface area contributed by atoms with Crippen LogP contribution in [-0.2, 0) is 14.8 Å². The topological polar surface area (TPSA) is 198 Å². The van der Waals surface area contributed by atoms with E-state index in [-0.39, 0.29) is 22.3 Å². The Hall–Kier alpha value is -3.81. The molecule has 0 radical (unpaired) electrons. The van der Waals surface area contributed by atoms with E-state index in [1.807, 2.05) is 0 Å². The van der Waals surface area contributed by atoms with E-state index in [2.05, 4.69) is 15.3 Å². The predicted octanol–water partition coefficient (Wildman–Crippen LogP) is 0.413. The summed E-state index contributed by atoms with van der Waals surface area (Å²) in [4.78, 5) is 22.0. The minimum Gasteiger partial charge on any atom is -0.462 e. The van der Waals surface area contributed by atoms with Gasteiger partial charge in [-0.1, -0.05) is 0 Å². The lowest BCUT2D eigenvalue weighted by Gasteiger charge is -2.16. The molecule has 0 unspecified atom stereocenters. The molecule has 0 saturated heterocycles. The molecule has 148 valence electrons. The Morgan fingerprint density at radius 3 is 2.64 bits per heavy atom. The van der Waals surface area contributed by atoms with Gasteiger partial charge in [-0.2, -0.15) is 18.6 Å². The van der Waals surface area contributed by atoms with E-state index in [1.165, 1.54) is 24.3 Å². The maximum atomic E-state index is 12.8. The number of hydrogen-bond acceptors (Lipinski definition) is 9. The van der Waals surface area contributed by atoms with E-state index in [0.717, 1.165) is 12.4 Å². The molecule has 0 spiro atoms. The van der Waals surface area contributed by atoms with Gasteiger partial charge in [0.2, 0.25) is 5.96 Å². The Bertz CT molecular complexity index is 1030. The highest BCUT2D eigenvalue weighted by Crippen LogP contribution is 2.19. The lowest BCUT2D eigenvalue weighted by molar-refractivity contribution is -0.384. The Morgan fingerprint density at radius 1 is 1.46 bits per heavy atom. The van der Waals surface area contributed by atoms with Crippen molar-refractivity contribution in [1.82, 2.24) is 14.6 Å². The van der Waals surface area contributed by atoms with Gasteiger partial charge in [0, 0.05) is 12.1 Å². The van der Waals surface area contributed by atoms with Crippen LogP contribution in [0.3, 0.4) is 0 Å². The SMILES string of the molecule is CCOC(=O)c1cn[nH]c1S(=O)(=O)N(/N=C/c1ccc([N+](=O)[O-])cc1)C(=N)N. The number of hydrogen-bond donors (Lipinski definition) is 3. The van der Waals surface area contributed by atoms with Gasteiger partial charge < -0.3 is 10.5 Å². The number of guanidine groups is 1. The van der Waals surface area contributed by atoms with Crippen molar-refractivity contribution in [1.29, 1.82) is 5.41 Å². The highest BCUT2D eigenvalue weighted by molar-refractivity contribution is 7.89. The molecule has 1 heterocycles. The van der Waals surface area contributed by atoms with E-state index in [1.54, 1.807) is 6.92 Å². The van der Waals surface area contributed by atoms with E-state index < -0.39 is 31.9 Å². The van der Waals surface area contributed by atoms with Gasteiger partial charge in [-0.25, -0.2) is 4.79 Å². The molecule has 0 aliphatic carbocycles. The first-order valence-corrected chi connectivity index (χ1v) is 9.00. The fourth-order valence-corrected chi connectivity index (χ4v) is 3.15. The fourth-order valence-electron chi connectivity index (χ4n) is 1.97. The second-order valence-corrected chi connectivity index (χ2v) is 6.76. The van der Waals surface area contributed by atoms with Crippen molar-refractivity contribution >= 4 is 33.9 Å². The van der Waals surface area contributed by atoms with Gasteiger partial charge in [-0.05, 0) is 24.6 Å². The Morgan fingerprint density at radius 2 is 2.11 bits per heavy atom. The molecule has 13 nitrogen and oxygen atoms in total. The van der Waals surface area contributed by atoms with Crippen LogP contribution in [0.4, 0.5) is 5.69 Å². The third-order valence-electron chi connectivity index (χ3n) is 3.21. The number of hydrazone groups is 1. The molecule has 28 heavy (non-hydrogen) atoms. The van der Waals surface area contributed by atoms with E-state index >= 15 is 0 Å². The van der Waals surface area contributed by atoms with E-state index in [4.69, 9.17) is 15.9 Å². The van der Waals surface area contributed by atoms with Gasteiger partial charge >= 0.3 is 16.0 Å². The minimum absolute atomic E-state index is 0.0121. The maximum Gasteiger partial charge on any atom is 0.342 e. The second kappa shape index (κ2) is 8.26. The number of rotatable bonds is 7. The van der Waals surface area contributed by atoms with Crippen LogP contribution in [0.1, 0.15) is 22.8 Å². The summed E-state index contributed by atoms with van der Waals surface area (Å²) in [6.45, 7) is 1.56. The van der Waals surface area contributed by atoms with Crippen LogP contribution in [-0.4, -0.2) is 52.7 Å². The van der Waals surface area contributed by atoms with Crippen LogP contribution in [0, 0.1) is 15.5 Å². The first-order chi connectivity index (χ1) is 13.2. The number of aromatic amines is 1. The van der Waals surface area contributed by atoms with Crippen molar-refractivity contribution in [2.75, 3.05) is 6.61 Å². The van der Waals surface area contributed by atoms with Crippen molar-refractivity contribution in [2.24, 2.45) is 10.8 Å². The molecule has 0 amide bonds.